The fourth-order valence-corrected chi connectivity index (χ4v) is 21.0. The van der Waals surface area contributed by atoms with Gasteiger partial charge in [-0.15, -0.1) is 0 Å². The van der Waals surface area contributed by atoms with Crippen molar-refractivity contribution in [2.45, 2.75) is 82.3 Å². The summed E-state index contributed by atoms with van der Waals surface area (Å²) in [5, 5.41) is 1.82. The van der Waals surface area contributed by atoms with Crippen LogP contribution in [0.3, 0.4) is 0 Å². The maximum Gasteiger partial charge on any atom is 0.539 e. The van der Waals surface area contributed by atoms with Gasteiger partial charge in [0.2, 0.25) is 0 Å². The third kappa shape index (κ3) is 16.4. The summed E-state index contributed by atoms with van der Waals surface area (Å²) in [6, 6.07) is 79.4. The summed E-state index contributed by atoms with van der Waals surface area (Å²) in [5.41, 5.74) is 7.17. The highest BCUT2D eigenvalue weighted by molar-refractivity contribution is 6.61. The monoisotopic (exact) mass is 1720 g/mol. The maximum absolute atomic E-state index is 17.0. The molecule has 126 heavy (non-hydrogen) atoms. The van der Waals surface area contributed by atoms with Crippen molar-refractivity contribution < 1.29 is 88.5 Å². The van der Waals surface area contributed by atoms with Gasteiger partial charge in [0.25, 0.3) is 23.6 Å². The van der Waals surface area contributed by atoms with E-state index in [1.165, 1.54) is 42.7 Å². The van der Waals surface area contributed by atoms with Crippen LogP contribution in [-0.4, -0.2) is 131 Å². The first-order valence-electron chi connectivity index (χ1n) is 42.4. The van der Waals surface area contributed by atoms with Crippen LogP contribution < -0.4 is 28.4 Å². The van der Waals surface area contributed by atoms with E-state index in [1.807, 2.05) is 218 Å². The van der Waals surface area contributed by atoms with Gasteiger partial charge >= 0.3 is 29.5 Å². The third-order valence-electron chi connectivity index (χ3n) is 24.9. The fraction of sp³-hybridized carbons (Fsp3) is 0.223. The van der Waals surface area contributed by atoms with Crippen LogP contribution >= 0.6 is 0 Å². The van der Waals surface area contributed by atoms with E-state index in [0.717, 1.165) is 106 Å². The molecular weight excluding hydrogens is 1630 g/mol. The lowest BCUT2D eigenvalue weighted by Gasteiger charge is -2.36. The highest BCUT2D eigenvalue weighted by atomic mass is 28.4. The molecule has 2 fully saturated rings. The number of esters is 2. The molecular formula is C103H92N2O19Si2. The molecule has 21 nitrogen and oxygen atoms in total. The summed E-state index contributed by atoms with van der Waals surface area (Å²) < 4.78 is 82.7. The predicted octanol–water partition coefficient (Wildman–Crippen LogP) is 22.5. The average Bonchev–Trinajstić information content (AvgIpc) is 0.679. The average molecular weight is 1720 g/mol. The number of imide groups is 2. The number of ether oxygens (including phenoxy) is 7. The van der Waals surface area contributed by atoms with Gasteiger partial charge < -0.3 is 59.7 Å². The second-order valence-electron chi connectivity index (χ2n) is 32.1. The highest BCUT2D eigenvalue weighted by Crippen LogP contribution is 2.59. The van der Waals surface area contributed by atoms with Gasteiger partial charge in [0.15, 0.2) is 6.23 Å². The number of nitrogens with zero attached hydrogens (tertiary/aromatic N) is 2. The molecule has 2 aliphatic heterocycles. The topological polar surface area (TPSA) is 229 Å². The van der Waals surface area contributed by atoms with Crippen molar-refractivity contribution in [3.05, 3.63) is 289 Å². The number of fused-ring (bicyclic) bond motifs is 2. The Labute approximate surface area is 731 Å². The summed E-state index contributed by atoms with van der Waals surface area (Å²) in [7, 11) is 2.33. The molecule has 2 atom stereocenters. The number of carbonyl (C=O) groups excluding carboxylic acids is 6. The Kier molecular flexibility index (Phi) is 24.0. The second kappa shape index (κ2) is 36.2. The molecule has 2 heterocycles. The summed E-state index contributed by atoms with van der Waals surface area (Å²) in [5.74, 6) is -3.16. The zero-order valence-corrected chi connectivity index (χ0v) is 72.6. The molecule has 4 amide bonds. The van der Waals surface area contributed by atoms with E-state index >= 15 is 28.8 Å². The molecule has 18 rings (SSSR count). The normalized spacial score (nSPS) is 14.8. The number of rotatable bonds is 33. The smallest absolute Gasteiger partial charge is 0.489 e. The van der Waals surface area contributed by atoms with E-state index in [1.54, 1.807) is 48.5 Å². The number of hydrogen-bond donors (Lipinski definition) is 0. The van der Waals surface area contributed by atoms with Gasteiger partial charge in [0, 0.05) is 85.7 Å². The highest BCUT2D eigenvalue weighted by Gasteiger charge is 2.49. The zero-order valence-electron chi connectivity index (χ0n) is 70.6. The summed E-state index contributed by atoms with van der Waals surface area (Å²) in [4.78, 5) is 101. The third-order valence-corrected chi connectivity index (χ3v) is 30.0. The van der Waals surface area contributed by atoms with Crippen molar-refractivity contribution in [3.63, 3.8) is 0 Å². The molecule has 14 aromatic rings. The van der Waals surface area contributed by atoms with Crippen molar-refractivity contribution in [2.24, 2.45) is 11.8 Å². The van der Waals surface area contributed by atoms with Crippen molar-refractivity contribution in [3.8, 4) is 102 Å². The van der Waals surface area contributed by atoms with Crippen LogP contribution in [0.15, 0.2) is 267 Å². The minimum atomic E-state index is -3.34. The summed E-state index contributed by atoms with van der Waals surface area (Å²) in [6.45, 7) is -0.227. The molecule has 2 saturated carbocycles. The van der Waals surface area contributed by atoms with Gasteiger partial charge in [-0.3, -0.25) is 29.0 Å². The largest absolute Gasteiger partial charge is 0.539 e. The van der Waals surface area contributed by atoms with Crippen molar-refractivity contribution >= 4 is 96.3 Å². The Hall–Kier alpha value is -13.2. The Morgan fingerprint density at radius 3 is 0.881 bits per heavy atom. The predicted molar refractivity (Wildman–Crippen MR) is 484 cm³/mol. The quantitative estimate of drug-likeness (QED) is 0.00929. The number of hydrogen-bond acceptors (Lipinski definition) is 19. The molecule has 0 aromatic heterocycles. The van der Waals surface area contributed by atoms with Crippen LogP contribution in [0.2, 0.25) is 6.04 Å². The van der Waals surface area contributed by atoms with Crippen LogP contribution in [0.4, 0.5) is 0 Å². The van der Waals surface area contributed by atoms with Crippen molar-refractivity contribution in [2.75, 3.05) is 55.5 Å². The Morgan fingerprint density at radius 1 is 0.317 bits per heavy atom. The van der Waals surface area contributed by atoms with E-state index in [-0.39, 0.29) is 138 Å². The molecule has 0 saturated heterocycles. The molecule has 0 N–H and O–H groups in total. The molecule has 14 aromatic carbocycles. The Morgan fingerprint density at radius 2 is 0.587 bits per heavy atom. The van der Waals surface area contributed by atoms with E-state index in [9.17, 15) is 0 Å². The van der Waals surface area contributed by atoms with E-state index < -0.39 is 65.3 Å². The first-order chi connectivity index (χ1) is 61.6. The van der Waals surface area contributed by atoms with E-state index in [0.29, 0.717) is 28.7 Å². The molecule has 2 unspecified atom stereocenters. The molecule has 4 aliphatic rings. The molecule has 0 spiro atoms. The lowest BCUT2D eigenvalue weighted by Crippen LogP contribution is -2.52. The van der Waals surface area contributed by atoms with Gasteiger partial charge in [-0.2, -0.15) is 0 Å². The fourth-order valence-electron chi connectivity index (χ4n) is 18.4. The second-order valence-corrected chi connectivity index (χ2v) is 38.1. The zero-order chi connectivity index (χ0) is 86.7. The molecule has 0 radical (unpaired) electrons. The number of amides is 4. The van der Waals surface area contributed by atoms with Crippen LogP contribution in [0.25, 0.3) is 87.6 Å². The van der Waals surface area contributed by atoms with Crippen LogP contribution in [0.5, 0.6) is 57.5 Å². The minimum Gasteiger partial charge on any atom is -0.489 e. The molecule has 0 bridgehead atoms. The van der Waals surface area contributed by atoms with E-state index in [4.69, 9.17) is 59.7 Å². The standard InChI is InChI=1S/C103H92N2O19Si2/c1-112-125(113-2,114-3)56-55-118-102(110)84(57-64-23-19-20-24-64)104-98(106)80-59-86(120-75-43-35-70(36-44-75)66-27-11-7-12-28-66)92-94-88(122-77-47-39-72(40-48-77)68-31-15-9-16-32-68)61-82-91-83(101(109)105(100(82)108)85(58-65-25-21-22-26-65)103(111)124-79-53-51-74(52-54-79)119-63-126(115-4,116-5)117-6)62-89(123-78-49-41-73(42-50-78)69-33-17-10-18-34-69)95(97(91)94)93-87(60-81(99(104)107)90(80)96(92)93)121-76-45-37-71(38-46-76)67-29-13-8-14-30-67/h7-18,27-54,59-62,64-65,84-85H,19-26,55-58,63H2,1-6H3. The van der Waals surface area contributed by atoms with Gasteiger partial charge in [-0.05, 0) is 166 Å². The van der Waals surface area contributed by atoms with Crippen LogP contribution in [0.1, 0.15) is 106 Å². The first kappa shape index (κ1) is 83.7. The molecule has 23 heteroatoms. The van der Waals surface area contributed by atoms with E-state index in [2.05, 4.69) is 0 Å². The Balaban J connectivity index is 0.918. The maximum atomic E-state index is 17.0. The Bertz CT molecular complexity index is 6070. The molecule has 636 valence electrons. The van der Waals surface area contributed by atoms with Gasteiger partial charge in [0.05, 0.1) is 34.9 Å². The van der Waals surface area contributed by atoms with Gasteiger partial charge in [-0.25, -0.2) is 9.59 Å². The van der Waals surface area contributed by atoms with Crippen molar-refractivity contribution in [1.82, 2.24) is 9.80 Å². The summed E-state index contributed by atoms with van der Waals surface area (Å²) >= 11 is 0. The lowest BCUT2D eigenvalue weighted by atomic mass is 9.80. The van der Waals surface area contributed by atoms with Crippen LogP contribution in [-0.2, 0) is 40.9 Å². The SMILES string of the molecule is CO[Si](CCOC(=O)C(CC1CCCC1)N1C(=O)c2cc(Oc3ccc(-c4ccccc4)cc3)c3c4c(Oc5ccc(-c6ccccc6)cc5)cc5c6c(cc(Oc7ccc(-c8ccccc8)cc7)c(c7c(Oc8ccc(-c9ccccc9)cc8)cc(c2c37)C1=O)c64)C(=O)N(C(CC1CCCC1)C(=O)Oc1ccc(OC[Si](OC)(OC)OC)cc1)C5=O)(OC)OC. The number of carbonyl (C=O) groups is 6. The number of benzene rings is 14. The molecule has 2 aliphatic carbocycles. The van der Waals surface area contributed by atoms with Crippen molar-refractivity contribution in [1.29, 1.82) is 0 Å². The van der Waals surface area contributed by atoms with Crippen LogP contribution in [0, 0.1) is 11.8 Å². The minimum absolute atomic E-state index is 0.0192. The van der Waals surface area contributed by atoms with Gasteiger partial charge in [-0.1, -0.05) is 221 Å². The summed E-state index contributed by atoms with van der Waals surface area (Å²) in [6.07, 6.45) is 6.57. The van der Waals surface area contributed by atoms with Gasteiger partial charge in [0.1, 0.15) is 69.6 Å². The lowest BCUT2D eigenvalue weighted by molar-refractivity contribution is -0.148. The first-order valence-corrected chi connectivity index (χ1v) is 46.3.